The molecule has 0 bridgehead atoms. The summed E-state index contributed by atoms with van der Waals surface area (Å²) in [6.07, 6.45) is 0.418. The summed E-state index contributed by atoms with van der Waals surface area (Å²) < 4.78 is 5.58. The zero-order valence-corrected chi connectivity index (χ0v) is 13.9. The number of amides is 1. The number of thioether (sulfide) groups is 1. The zero-order valence-electron chi connectivity index (χ0n) is 13.1. The van der Waals surface area contributed by atoms with Crippen molar-refractivity contribution in [3.8, 4) is 0 Å². The summed E-state index contributed by atoms with van der Waals surface area (Å²) in [6, 6.07) is 14.4. The number of ketones is 1. The van der Waals surface area contributed by atoms with Crippen LogP contribution in [0.15, 0.2) is 58.2 Å². The summed E-state index contributed by atoms with van der Waals surface area (Å²) in [5.74, 6) is 0.171. The lowest BCUT2D eigenvalue weighted by atomic mass is 10.1. The third-order valence-electron chi connectivity index (χ3n) is 3.41. The molecule has 0 saturated carbocycles. The van der Waals surface area contributed by atoms with Crippen LogP contribution in [-0.2, 0) is 4.79 Å². The molecule has 0 atom stereocenters. The Kier molecular flexibility index (Phi) is 4.96. The zero-order chi connectivity index (χ0) is 16.9. The van der Waals surface area contributed by atoms with E-state index in [2.05, 4.69) is 10.3 Å². The first-order valence-electron chi connectivity index (χ1n) is 7.57. The van der Waals surface area contributed by atoms with Crippen LogP contribution in [0.25, 0.3) is 11.1 Å². The quantitative estimate of drug-likeness (QED) is 0.539. The minimum Gasteiger partial charge on any atom is -0.431 e. The van der Waals surface area contributed by atoms with E-state index in [1.165, 1.54) is 11.8 Å². The number of aromatic nitrogens is 1. The van der Waals surface area contributed by atoms with E-state index in [-0.39, 0.29) is 17.4 Å². The first-order chi connectivity index (χ1) is 11.7. The van der Waals surface area contributed by atoms with Gasteiger partial charge in [-0.3, -0.25) is 9.59 Å². The van der Waals surface area contributed by atoms with Crippen molar-refractivity contribution in [2.75, 3.05) is 11.1 Å². The molecule has 2 aromatic carbocycles. The van der Waals surface area contributed by atoms with Crippen LogP contribution in [0.5, 0.6) is 0 Å². The van der Waals surface area contributed by atoms with Gasteiger partial charge in [-0.1, -0.05) is 30.8 Å². The molecule has 122 valence electrons. The van der Waals surface area contributed by atoms with E-state index in [9.17, 15) is 9.59 Å². The molecular weight excluding hydrogens is 324 g/mol. The Hall–Kier alpha value is -2.60. The highest BCUT2D eigenvalue weighted by molar-refractivity contribution is 7.99. The number of Topliss-reactive ketones (excluding diaryl/α,β-unsaturated/α-hetero) is 1. The monoisotopic (exact) mass is 340 g/mol. The molecule has 3 rings (SSSR count). The fourth-order valence-electron chi connectivity index (χ4n) is 2.11. The van der Waals surface area contributed by atoms with Crippen molar-refractivity contribution in [3.05, 3.63) is 54.1 Å². The Bertz CT molecular complexity index is 838. The number of carbonyl (C=O) groups excluding carboxylic acids is 2. The van der Waals surface area contributed by atoms with Crippen LogP contribution in [0, 0.1) is 0 Å². The summed E-state index contributed by atoms with van der Waals surface area (Å²) in [7, 11) is 0. The summed E-state index contributed by atoms with van der Waals surface area (Å²) >= 11 is 1.27. The lowest BCUT2D eigenvalue weighted by Crippen LogP contribution is -2.09. The molecule has 0 radical (unpaired) electrons. The molecule has 1 amide bonds. The van der Waals surface area contributed by atoms with E-state index in [1.807, 2.05) is 24.3 Å². The van der Waals surface area contributed by atoms with E-state index < -0.39 is 0 Å². The van der Waals surface area contributed by atoms with Crippen molar-refractivity contribution in [2.45, 2.75) is 18.6 Å². The smallest absolute Gasteiger partial charge is 0.257 e. The third kappa shape index (κ3) is 3.83. The molecule has 0 aliphatic carbocycles. The van der Waals surface area contributed by atoms with Gasteiger partial charge >= 0.3 is 0 Å². The largest absolute Gasteiger partial charge is 0.431 e. The van der Waals surface area contributed by atoms with Crippen LogP contribution >= 0.6 is 11.8 Å². The Morgan fingerprint density at radius 1 is 1.12 bits per heavy atom. The number of nitrogens with one attached hydrogen (secondary N) is 1. The number of nitrogens with zero attached hydrogens (tertiary/aromatic N) is 1. The molecule has 0 unspecified atom stereocenters. The van der Waals surface area contributed by atoms with Crippen LogP contribution in [0.1, 0.15) is 23.7 Å². The van der Waals surface area contributed by atoms with E-state index in [4.69, 9.17) is 4.42 Å². The van der Waals surface area contributed by atoms with Crippen LogP contribution in [0.4, 0.5) is 5.69 Å². The minimum atomic E-state index is -0.0550. The number of hydrogen-bond acceptors (Lipinski definition) is 5. The van der Waals surface area contributed by atoms with Gasteiger partial charge in [-0.25, -0.2) is 4.98 Å². The minimum absolute atomic E-state index is 0.0179. The molecule has 0 aliphatic rings. The number of anilines is 1. The lowest BCUT2D eigenvalue weighted by molar-refractivity contribution is -0.115. The Morgan fingerprint density at radius 2 is 1.88 bits per heavy atom. The molecule has 1 aromatic heterocycles. The second kappa shape index (κ2) is 7.31. The van der Waals surface area contributed by atoms with Crippen molar-refractivity contribution >= 4 is 40.2 Å². The molecule has 5 nitrogen and oxygen atoms in total. The van der Waals surface area contributed by atoms with Gasteiger partial charge in [0, 0.05) is 17.7 Å². The molecule has 1 N–H and O–H groups in total. The molecule has 6 heteroatoms. The van der Waals surface area contributed by atoms with Crippen molar-refractivity contribution in [1.29, 1.82) is 0 Å². The molecule has 0 fully saturated rings. The summed E-state index contributed by atoms with van der Waals surface area (Å²) in [6.45, 7) is 1.79. The average Bonchev–Trinajstić information content (AvgIpc) is 3.03. The average molecular weight is 340 g/mol. The van der Waals surface area contributed by atoms with Gasteiger partial charge in [-0.15, -0.1) is 0 Å². The van der Waals surface area contributed by atoms with Gasteiger partial charge in [0.2, 0.25) is 5.91 Å². The van der Waals surface area contributed by atoms with Crippen LogP contribution in [0.2, 0.25) is 0 Å². The highest BCUT2D eigenvalue weighted by atomic mass is 32.2. The number of benzene rings is 2. The standard InChI is InChI=1S/C18H16N2O3S/c1-2-17(22)19-13-9-7-12(8-10-13)15(21)11-24-18-20-14-5-3-4-6-16(14)23-18/h3-10H,2,11H2,1H3,(H,19,22). The molecule has 0 spiro atoms. The summed E-state index contributed by atoms with van der Waals surface area (Å²) in [5.41, 5.74) is 2.77. The predicted octanol–water partition coefficient (Wildman–Crippen LogP) is 4.15. The molecule has 0 aliphatic heterocycles. The van der Waals surface area contributed by atoms with Gasteiger partial charge < -0.3 is 9.73 Å². The number of para-hydroxylation sites is 2. The fourth-order valence-corrected chi connectivity index (χ4v) is 2.85. The maximum atomic E-state index is 12.2. The number of rotatable bonds is 6. The van der Waals surface area contributed by atoms with Gasteiger partial charge in [0.05, 0.1) is 5.75 Å². The predicted molar refractivity (Wildman–Crippen MR) is 94.4 cm³/mol. The van der Waals surface area contributed by atoms with Crippen LogP contribution in [0.3, 0.4) is 0 Å². The molecule has 0 saturated heterocycles. The second-order valence-corrected chi connectivity index (χ2v) is 6.07. The topological polar surface area (TPSA) is 72.2 Å². The van der Waals surface area contributed by atoms with Crippen molar-refractivity contribution in [2.24, 2.45) is 0 Å². The number of hydrogen-bond donors (Lipinski definition) is 1. The maximum Gasteiger partial charge on any atom is 0.257 e. The van der Waals surface area contributed by atoms with Crippen LogP contribution in [-0.4, -0.2) is 22.4 Å². The number of oxazole rings is 1. The van der Waals surface area contributed by atoms with Gasteiger partial charge in [0.15, 0.2) is 11.4 Å². The van der Waals surface area contributed by atoms with Gasteiger partial charge in [0.25, 0.3) is 5.22 Å². The normalized spacial score (nSPS) is 10.7. The number of carbonyl (C=O) groups is 2. The van der Waals surface area contributed by atoms with Crippen molar-refractivity contribution in [3.63, 3.8) is 0 Å². The second-order valence-electron chi connectivity index (χ2n) is 5.14. The summed E-state index contributed by atoms with van der Waals surface area (Å²) in [4.78, 5) is 27.9. The molecule has 24 heavy (non-hydrogen) atoms. The Morgan fingerprint density at radius 3 is 2.58 bits per heavy atom. The summed E-state index contributed by atoms with van der Waals surface area (Å²) in [5, 5.41) is 3.23. The van der Waals surface area contributed by atoms with Gasteiger partial charge in [-0.05, 0) is 36.4 Å². The Balaban J connectivity index is 1.61. The van der Waals surface area contributed by atoms with Gasteiger partial charge in [0.1, 0.15) is 5.52 Å². The van der Waals surface area contributed by atoms with E-state index in [0.29, 0.717) is 28.5 Å². The van der Waals surface area contributed by atoms with Crippen molar-refractivity contribution < 1.29 is 14.0 Å². The Labute approximate surface area is 143 Å². The van der Waals surface area contributed by atoms with E-state index in [1.54, 1.807) is 31.2 Å². The third-order valence-corrected chi connectivity index (χ3v) is 4.24. The first kappa shape index (κ1) is 16.3. The first-order valence-corrected chi connectivity index (χ1v) is 8.56. The molecule has 1 heterocycles. The fraction of sp³-hybridized carbons (Fsp3) is 0.167. The van der Waals surface area contributed by atoms with Crippen LogP contribution < -0.4 is 5.32 Å². The maximum absolute atomic E-state index is 12.2. The SMILES string of the molecule is CCC(=O)Nc1ccc(C(=O)CSc2nc3ccccc3o2)cc1. The molecule has 3 aromatic rings. The van der Waals surface area contributed by atoms with E-state index >= 15 is 0 Å². The highest BCUT2D eigenvalue weighted by Crippen LogP contribution is 2.24. The lowest BCUT2D eigenvalue weighted by Gasteiger charge is -2.04. The molecular formula is C18H16N2O3S. The van der Waals surface area contributed by atoms with E-state index in [0.717, 1.165) is 5.52 Å². The number of fused-ring (bicyclic) bond motifs is 1. The van der Waals surface area contributed by atoms with Crippen molar-refractivity contribution in [1.82, 2.24) is 4.98 Å². The highest BCUT2D eigenvalue weighted by Gasteiger charge is 2.11. The van der Waals surface area contributed by atoms with Gasteiger partial charge in [-0.2, -0.15) is 0 Å².